The summed E-state index contributed by atoms with van der Waals surface area (Å²) in [4.78, 5) is 13.8. The summed E-state index contributed by atoms with van der Waals surface area (Å²) in [5, 5.41) is 0. The van der Waals surface area contributed by atoms with Crippen LogP contribution in [0.3, 0.4) is 0 Å². The van der Waals surface area contributed by atoms with Crippen LogP contribution in [-0.4, -0.2) is 18.9 Å². The normalized spacial score (nSPS) is 14.6. The van der Waals surface area contributed by atoms with Crippen molar-refractivity contribution in [1.82, 2.24) is 0 Å². The molecule has 1 fully saturated rings. The molecule has 0 bridgehead atoms. The number of rotatable bonds is 6. The molecule has 0 spiro atoms. The summed E-state index contributed by atoms with van der Waals surface area (Å²) in [6.07, 6.45) is 3.82. The van der Waals surface area contributed by atoms with E-state index in [0.717, 1.165) is 31.1 Å². The third-order valence-corrected chi connectivity index (χ3v) is 3.45. The van der Waals surface area contributed by atoms with Gasteiger partial charge in [-0.05, 0) is 50.3 Å². The summed E-state index contributed by atoms with van der Waals surface area (Å²) in [5.41, 5.74) is 8.32. The second kappa shape index (κ2) is 5.42. The van der Waals surface area contributed by atoms with Crippen molar-refractivity contribution in [2.75, 3.05) is 23.7 Å². The topological polar surface area (TPSA) is 46.3 Å². The number of carbonyl (C=O) groups excluding carboxylic acids is 1. The summed E-state index contributed by atoms with van der Waals surface area (Å²) in [6.45, 7) is 5.91. The Morgan fingerprint density at radius 3 is 2.67 bits per heavy atom. The quantitative estimate of drug-likeness (QED) is 0.619. The van der Waals surface area contributed by atoms with Crippen molar-refractivity contribution < 1.29 is 4.79 Å². The highest BCUT2D eigenvalue weighted by Gasteiger charge is 2.24. The number of hydrogen-bond donors (Lipinski definition) is 1. The molecule has 98 valence electrons. The van der Waals surface area contributed by atoms with Crippen molar-refractivity contribution in [3.05, 3.63) is 23.8 Å². The van der Waals surface area contributed by atoms with Crippen LogP contribution in [0.25, 0.3) is 0 Å². The molecule has 0 radical (unpaired) electrons. The van der Waals surface area contributed by atoms with Gasteiger partial charge in [0.25, 0.3) is 0 Å². The predicted octanol–water partition coefficient (Wildman–Crippen LogP) is 3.10. The number of anilines is 2. The lowest BCUT2D eigenvalue weighted by atomic mass is 10.1. The summed E-state index contributed by atoms with van der Waals surface area (Å²) in [7, 11) is 0. The smallest absolute Gasteiger partial charge is 0.161 e. The van der Waals surface area contributed by atoms with Crippen LogP contribution in [0.5, 0.6) is 0 Å². The number of Topliss-reactive ketones (excluding diaryl/α,β-unsaturated/α-hetero) is 1. The fraction of sp³-hybridized carbons (Fsp3) is 0.533. The fourth-order valence-electron chi connectivity index (χ4n) is 2.28. The number of hydrogen-bond acceptors (Lipinski definition) is 3. The molecule has 0 unspecified atom stereocenters. The molecule has 18 heavy (non-hydrogen) atoms. The molecule has 3 heteroatoms. The zero-order chi connectivity index (χ0) is 13.1. The SMILES string of the molecule is CCCN(CC1CC1)c1ccc(C(C)=O)c(N)c1. The lowest BCUT2D eigenvalue weighted by Gasteiger charge is -2.25. The van der Waals surface area contributed by atoms with Gasteiger partial charge in [-0.25, -0.2) is 0 Å². The molecule has 2 N–H and O–H groups in total. The first-order valence-corrected chi connectivity index (χ1v) is 6.77. The molecule has 0 saturated heterocycles. The van der Waals surface area contributed by atoms with Gasteiger partial charge in [0.1, 0.15) is 0 Å². The molecule has 0 amide bonds. The van der Waals surface area contributed by atoms with Crippen molar-refractivity contribution in [3.63, 3.8) is 0 Å². The highest BCUT2D eigenvalue weighted by Crippen LogP contribution is 2.32. The third-order valence-electron chi connectivity index (χ3n) is 3.45. The second-order valence-corrected chi connectivity index (χ2v) is 5.22. The molecule has 0 heterocycles. The van der Waals surface area contributed by atoms with E-state index in [1.165, 1.54) is 12.8 Å². The van der Waals surface area contributed by atoms with E-state index in [4.69, 9.17) is 5.73 Å². The van der Waals surface area contributed by atoms with Gasteiger partial charge in [-0.1, -0.05) is 6.92 Å². The van der Waals surface area contributed by atoms with Crippen LogP contribution in [0.1, 0.15) is 43.5 Å². The van der Waals surface area contributed by atoms with Crippen LogP contribution < -0.4 is 10.6 Å². The molecule has 1 aromatic carbocycles. The molecule has 1 saturated carbocycles. The van der Waals surface area contributed by atoms with Gasteiger partial charge in [0.05, 0.1) is 0 Å². The zero-order valence-corrected chi connectivity index (χ0v) is 11.3. The summed E-state index contributed by atoms with van der Waals surface area (Å²) in [6, 6.07) is 5.81. The Hall–Kier alpha value is -1.51. The lowest BCUT2D eigenvalue weighted by molar-refractivity contribution is 0.101. The zero-order valence-electron chi connectivity index (χ0n) is 11.3. The van der Waals surface area contributed by atoms with E-state index in [-0.39, 0.29) is 5.78 Å². The first-order valence-electron chi connectivity index (χ1n) is 6.77. The number of ketones is 1. The molecule has 0 aromatic heterocycles. The number of carbonyl (C=O) groups is 1. The Morgan fingerprint density at radius 2 is 2.17 bits per heavy atom. The van der Waals surface area contributed by atoms with E-state index in [0.29, 0.717) is 11.3 Å². The molecular formula is C15H22N2O. The van der Waals surface area contributed by atoms with Crippen LogP contribution in [0.15, 0.2) is 18.2 Å². The van der Waals surface area contributed by atoms with E-state index in [1.807, 2.05) is 18.2 Å². The molecular weight excluding hydrogens is 224 g/mol. The standard InChI is InChI=1S/C15H22N2O/c1-3-8-17(10-12-4-5-12)13-6-7-14(11(2)18)15(16)9-13/h6-7,9,12H,3-5,8,10,16H2,1-2H3. The minimum absolute atomic E-state index is 0.0308. The minimum atomic E-state index is 0.0308. The maximum absolute atomic E-state index is 11.4. The van der Waals surface area contributed by atoms with Gasteiger partial charge in [-0.15, -0.1) is 0 Å². The van der Waals surface area contributed by atoms with Gasteiger partial charge in [0, 0.05) is 30.0 Å². The number of nitrogens with zero attached hydrogens (tertiary/aromatic N) is 1. The van der Waals surface area contributed by atoms with Crippen LogP contribution >= 0.6 is 0 Å². The van der Waals surface area contributed by atoms with E-state index in [1.54, 1.807) is 6.92 Å². The van der Waals surface area contributed by atoms with Crippen LogP contribution in [0.2, 0.25) is 0 Å². The molecule has 0 aliphatic heterocycles. The average molecular weight is 246 g/mol. The molecule has 3 nitrogen and oxygen atoms in total. The van der Waals surface area contributed by atoms with E-state index < -0.39 is 0 Å². The van der Waals surface area contributed by atoms with E-state index >= 15 is 0 Å². The van der Waals surface area contributed by atoms with Crippen molar-refractivity contribution in [2.45, 2.75) is 33.1 Å². The van der Waals surface area contributed by atoms with Crippen molar-refractivity contribution >= 4 is 17.2 Å². The molecule has 0 atom stereocenters. The number of nitrogen functional groups attached to an aromatic ring is 1. The van der Waals surface area contributed by atoms with Gasteiger partial charge < -0.3 is 10.6 Å². The Morgan fingerprint density at radius 1 is 1.44 bits per heavy atom. The molecule has 1 aromatic rings. The van der Waals surface area contributed by atoms with E-state index in [9.17, 15) is 4.79 Å². The summed E-state index contributed by atoms with van der Waals surface area (Å²) >= 11 is 0. The van der Waals surface area contributed by atoms with Crippen LogP contribution in [0, 0.1) is 5.92 Å². The largest absolute Gasteiger partial charge is 0.398 e. The highest BCUT2D eigenvalue weighted by atomic mass is 16.1. The Labute approximate surface area is 109 Å². The van der Waals surface area contributed by atoms with Gasteiger partial charge in [-0.2, -0.15) is 0 Å². The monoisotopic (exact) mass is 246 g/mol. The molecule has 2 rings (SSSR count). The Balaban J connectivity index is 2.18. The number of benzene rings is 1. The Kier molecular flexibility index (Phi) is 3.90. The van der Waals surface area contributed by atoms with Crippen molar-refractivity contribution in [3.8, 4) is 0 Å². The van der Waals surface area contributed by atoms with Gasteiger partial charge in [0.15, 0.2) is 5.78 Å². The van der Waals surface area contributed by atoms with Crippen LogP contribution in [0.4, 0.5) is 11.4 Å². The molecule has 1 aliphatic carbocycles. The first kappa shape index (κ1) is 12.9. The average Bonchev–Trinajstić information content (AvgIpc) is 3.11. The van der Waals surface area contributed by atoms with Gasteiger partial charge >= 0.3 is 0 Å². The predicted molar refractivity (Wildman–Crippen MR) is 76.1 cm³/mol. The van der Waals surface area contributed by atoms with Crippen LogP contribution in [-0.2, 0) is 0 Å². The highest BCUT2D eigenvalue weighted by molar-refractivity contribution is 5.99. The maximum atomic E-state index is 11.4. The lowest BCUT2D eigenvalue weighted by Crippen LogP contribution is -2.26. The Bertz CT molecular complexity index is 438. The summed E-state index contributed by atoms with van der Waals surface area (Å²) < 4.78 is 0. The maximum Gasteiger partial charge on any atom is 0.161 e. The van der Waals surface area contributed by atoms with Gasteiger partial charge in [-0.3, -0.25) is 4.79 Å². The summed E-state index contributed by atoms with van der Waals surface area (Å²) in [5.74, 6) is 0.883. The van der Waals surface area contributed by atoms with Crippen molar-refractivity contribution in [1.29, 1.82) is 0 Å². The fourth-order valence-corrected chi connectivity index (χ4v) is 2.28. The first-order chi connectivity index (χ1) is 8.61. The molecule has 1 aliphatic rings. The van der Waals surface area contributed by atoms with E-state index in [2.05, 4.69) is 11.8 Å². The minimum Gasteiger partial charge on any atom is -0.398 e. The second-order valence-electron chi connectivity index (χ2n) is 5.22. The van der Waals surface area contributed by atoms with Crippen molar-refractivity contribution in [2.24, 2.45) is 5.92 Å². The number of nitrogens with two attached hydrogens (primary N) is 1. The van der Waals surface area contributed by atoms with Gasteiger partial charge in [0.2, 0.25) is 0 Å². The third kappa shape index (κ3) is 3.03.